The van der Waals surface area contributed by atoms with Crippen molar-refractivity contribution in [1.29, 1.82) is 0 Å². The lowest BCUT2D eigenvalue weighted by Crippen LogP contribution is -1.99. The maximum atomic E-state index is 6.12. The molecule has 2 rings (SSSR count). The Morgan fingerprint density at radius 1 is 0.643 bits per heavy atom. The highest BCUT2D eigenvalue weighted by Crippen LogP contribution is 2.20. The van der Waals surface area contributed by atoms with E-state index in [0.717, 1.165) is 11.1 Å². The molecular weight excluding hydrogens is 167 g/mol. The molecule has 0 nitrogen and oxygen atoms in total. The van der Waals surface area contributed by atoms with Gasteiger partial charge in [-0.3, -0.25) is 0 Å². The van der Waals surface area contributed by atoms with Gasteiger partial charge in [-0.2, -0.15) is 0 Å². The van der Waals surface area contributed by atoms with Crippen LogP contribution in [0.2, 0.25) is 0 Å². The molecule has 2 radical (unpaired) electrons. The number of benzene rings is 2. The monoisotopic (exact) mass is 178 g/mol. The van der Waals surface area contributed by atoms with E-state index < -0.39 is 0 Å². The molecule has 2 aromatic rings. The number of rotatable bonds is 2. The minimum Gasteiger partial charge on any atom is -0.0622 e. The third-order valence-electron chi connectivity index (χ3n) is 2.32. The van der Waals surface area contributed by atoms with Crippen molar-refractivity contribution >= 4 is 7.85 Å². The zero-order chi connectivity index (χ0) is 9.80. The lowest BCUT2D eigenvalue weighted by atomic mass is 9.76. The molecule has 0 heterocycles. The summed E-state index contributed by atoms with van der Waals surface area (Å²) in [5.41, 5.74) is 2.30. The predicted octanol–water partition coefficient (Wildman–Crippen LogP) is 2.94. The average Bonchev–Trinajstić information content (AvgIpc) is 2.30. The van der Waals surface area contributed by atoms with E-state index in [1.165, 1.54) is 0 Å². The van der Waals surface area contributed by atoms with Crippen LogP contribution in [0, 0.1) is 0 Å². The molecule has 0 saturated heterocycles. The van der Waals surface area contributed by atoms with Crippen molar-refractivity contribution in [2.75, 3.05) is 0 Å². The van der Waals surface area contributed by atoms with Crippen molar-refractivity contribution in [1.82, 2.24) is 0 Å². The van der Waals surface area contributed by atoms with E-state index in [1.807, 2.05) is 36.4 Å². The zero-order valence-corrected chi connectivity index (χ0v) is 7.93. The van der Waals surface area contributed by atoms with Gasteiger partial charge in [-0.15, -0.1) is 0 Å². The Bertz CT molecular complexity index is 341. The van der Waals surface area contributed by atoms with Gasteiger partial charge in [0.2, 0.25) is 0 Å². The van der Waals surface area contributed by atoms with Gasteiger partial charge in [0.05, 0.1) is 7.85 Å². The molecule has 0 amide bonds. The fourth-order valence-electron chi connectivity index (χ4n) is 1.51. The van der Waals surface area contributed by atoms with E-state index >= 15 is 0 Å². The van der Waals surface area contributed by atoms with E-state index in [0.29, 0.717) is 0 Å². The standard InChI is InChI=1S/C13H11B/c14-13(11-7-3-1-4-8-11)12-9-5-2-6-10-12/h1-10,13H. The molecule has 0 aromatic heterocycles. The van der Waals surface area contributed by atoms with Crippen LogP contribution in [-0.2, 0) is 0 Å². The van der Waals surface area contributed by atoms with Crippen molar-refractivity contribution < 1.29 is 0 Å². The van der Waals surface area contributed by atoms with Crippen molar-refractivity contribution in [2.24, 2.45) is 0 Å². The fourth-order valence-corrected chi connectivity index (χ4v) is 1.51. The molecule has 2 aromatic carbocycles. The normalized spacial score (nSPS) is 10.4. The van der Waals surface area contributed by atoms with Crippen molar-refractivity contribution in [3.05, 3.63) is 71.8 Å². The Labute approximate surface area is 86.0 Å². The second-order valence-corrected chi connectivity index (χ2v) is 3.30. The Hall–Kier alpha value is -1.50. The van der Waals surface area contributed by atoms with Crippen molar-refractivity contribution in [3.8, 4) is 0 Å². The fraction of sp³-hybridized carbons (Fsp3) is 0.0769. The summed E-state index contributed by atoms with van der Waals surface area (Å²) in [6.07, 6.45) is 0. The van der Waals surface area contributed by atoms with Crippen LogP contribution < -0.4 is 0 Å². The van der Waals surface area contributed by atoms with Crippen LogP contribution in [0.5, 0.6) is 0 Å². The Balaban J connectivity index is 2.30. The van der Waals surface area contributed by atoms with Gasteiger partial charge in [0.1, 0.15) is 0 Å². The Morgan fingerprint density at radius 2 is 1.00 bits per heavy atom. The quantitative estimate of drug-likeness (QED) is 0.620. The van der Waals surface area contributed by atoms with Gasteiger partial charge < -0.3 is 0 Å². The highest BCUT2D eigenvalue weighted by molar-refractivity contribution is 6.14. The lowest BCUT2D eigenvalue weighted by molar-refractivity contribution is 1.14. The third-order valence-corrected chi connectivity index (χ3v) is 2.32. The minimum atomic E-state index is -0.0163. The third kappa shape index (κ3) is 1.87. The van der Waals surface area contributed by atoms with Crippen LogP contribution in [-0.4, -0.2) is 7.85 Å². The first-order valence-electron chi connectivity index (χ1n) is 4.73. The highest BCUT2D eigenvalue weighted by Gasteiger charge is 2.05. The summed E-state index contributed by atoms with van der Waals surface area (Å²) in [5, 5.41) is 0. The van der Waals surface area contributed by atoms with Crippen LogP contribution in [0.25, 0.3) is 0 Å². The van der Waals surface area contributed by atoms with Crippen LogP contribution in [0.3, 0.4) is 0 Å². The highest BCUT2D eigenvalue weighted by atomic mass is 14.0. The van der Waals surface area contributed by atoms with Crippen LogP contribution in [0.4, 0.5) is 0 Å². The predicted molar refractivity (Wildman–Crippen MR) is 60.5 cm³/mol. The first-order valence-corrected chi connectivity index (χ1v) is 4.73. The Morgan fingerprint density at radius 3 is 1.36 bits per heavy atom. The molecule has 66 valence electrons. The molecule has 14 heavy (non-hydrogen) atoms. The number of hydrogen-bond donors (Lipinski definition) is 0. The second-order valence-electron chi connectivity index (χ2n) is 3.30. The largest absolute Gasteiger partial charge is 0.0828 e. The first-order chi connectivity index (χ1) is 6.88. The molecular formula is C13H11B. The summed E-state index contributed by atoms with van der Waals surface area (Å²) < 4.78 is 0. The average molecular weight is 178 g/mol. The van der Waals surface area contributed by atoms with E-state index in [1.54, 1.807) is 0 Å². The van der Waals surface area contributed by atoms with E-state index in [2.05, 4.69) is 24.3 Å². The van der Waals surface area contributed by atoms with Gasteiger partial charge >= 0.3 is 0 Å². The molecule has 0 N–H and O–H groups in total. The minimum absolute atomic E-state index is 0.0163. The molecule has 0 bridgehead atoms. The van der Waals surface area contributed by atoms with Crippen molar-refractivity contribution in [3.63, 3.8) is 0 Å². The summed E-state index contributed by atoms with van der Waals surface area (Å²) in [7, 11) is 6.12. The van der Waals surface area contributed by atoms with Gasteiger partial charge in [-0.1, -0.05) is 60.7 Å². The topological polar surface area (TPSA) is 0 Å². The van der Waals surface area contributed by atoms with Crippen LogP contribution in [0.1, 0.15) is 16.9 Å². The summed E-state index contributed by atoms with van der Waals surface area (Å²) >= 11 is 0. The summed E-state index contributed by atoms with van der Waals surface area (Å²) in [6.45, 7) is 0. The van der Waals surface area contributed by atoms with Gasteiger partial charge in [0, 0.05) is 0 Å². The molecule has 1 heteroatoms. The molecule has 0 unspecified atom stereocenters. The second kappa shape index (κ2) is 4.14. The lowest BCUT2D eigenvalue weighted by Gasteiger charge is -2.12. The van der Waals surface area contributed by atoms with Crippen LogP contribution >= 0.6 is 0 Å². The van der Waals surface area contributed by atoms with Gasteiger partial charge in [-0.25, -0.2) is 0 Å². The summed E-state index contributed by atoms with van der Waals surface area (Å²) in [6, 6.07) is 20.3. The number of hydrogen-bond acceptors (Lipinski definition) is 0. The van der Waals surface area contributed by atoms with Gasteiger partial charge in [-0.05, 0) is 16.9 Å². The Kier molecular flexibility index (Phi) is 2.69. The molecule has 0 fully saturated rings. The molecule has 0 aliphatic carbocycles. The van der Waals surface area contributed by atoms with Gasteiger partial charge in [0.25, 0.3) is 0 Å². The first kappa shape index (κ1) is 9.08. The summed E-state index contributed by atoms with van der Waals surface area (Å²) in [5.74, 6) is -0.0163. The van der Waals surface area contributed by atoms with Crippen LogP contribution in [0.15, 0.2) is 60.7 Å². The molecule has 0 atom stereocenters. The smallest absolute Gasteiger partial charge is 0.0622 e. The van der Waals surface area contributed by atoms with E-state index in [9.17, 15) is 0 Å². The maximum Gasteiger partial charge on any atom is 0.0828 e. The molecule has 0 saturated carbocycles. The summed E-state index contributed by atoms with van der Waals surface area (Å²) in [4.78, 5) is 0. The SMILES string of the molecule is [B]C(c1ccccc1)c1ccccc1. The maximum absolute atomic E-state index is 6.12. The van der Waals surface area contributed by atoms with Gasteiger partial charge in [0.15, 0.2) is 0 Å². The zero-order valence-electron chi connectivity index (χ0n) is 7.93. The van der Waals surface area contributed by atoms with E-state index in [4.69, 9.17) is 7.85 Å². The van der Waals surface area contributed by atoms with E-state index in [-0.39, 0.29) is 5.82 Å². The molecule has 0 aliphatic heterocycles. The molecule has 0 spiro atoms. The molecule has 0 aliphatic rings. The van der Waals surface area contributed by atoms with Crippen molar-refractivity contribution in [2.45, 2.75) is 5.82 Å².